The van der Waals surface area contributed by atoms with Crippen LogP contribution in [0, 0.1) is 11.6 Å². The minimum Gasteiger partial charge on any atom is -0.369 e. The highest BCUT2D eigenvalue weighted by Crippen LogP contribution is 2.21. The number of anilines is 1. The summed E-state index contributed by atoms with van der Waals surface area (Å²) >= 11 is 0. The van der Waals surface area contributed by atoms with Crippen molar-refractivity contribution >= 4 is 21.6 Å². The Labute approximate surface area is 169 Å². The van der Waals surface area contributed by atoms with Crippen LogP contribution in [0.1, 0.15) is 19.8 Å². The van der Waals surface area contributed by atoms with Crippen molar-refractivity contribution in [3.8, 4) is 0 Å². The fourth-order valence-corrected chi connectivity index (χ4v) is 4.62. The van der Waals surface area contributed by atoms with Crippen molar-refractivity contribution in [1.29, 1.82) is 0 Å². The van der Waals surface area contributed by atoms with Crippen LogP contribution < -0.4 is 14.9 Å². The van der Waals surface area contributed by atoms with E-state index in [1.54, 1.807) is 12.1 Å². The van der Waals surface area contributed by atoms with Crippen LogP contribution in [-0.4, -0.2) is 39.5 Å². The second kappa shape index (κ2) is 8.87. The molecule has 1 saturated heterocycles. The van der Waals surface area contributed by atoms with Gasteiger partial charge in [0.15, 0.2) is 0 Å². The molecule has 1 unspecified atom stereocenters. The first kappa shape index (κ1) is 21.2. The van der Waals surface area contributed by atoms with E-state index in [1.165, 1.54) is 31.2 Å². The minimum absolute atomic E-state index is 0.208. The molecule has 0 bridgehead atoms. The third kappa shape index (κ3) is 5.30. The quantitative estimate of drug-likeness (QED) is 0.748. The molecule has 1 amide bonds. The van der Waals surface area contributed by atoms with E-state index in [-0.39, 0.29) is 11.9 Å². The Morgan fingerprint density at radius 2 is 1.93 bits per heavy atom. The summed E-state index contributed by atoms with van der Waals surface area (Å²) < 4.78 is 54.2. The third-order valence-corrected chi connectivity index (χ3v) is 6.37. The van der Waals surface area contributed by atoms with Gasteiger partial charge in [-0.3, -0.25) is 4.79 Å². The summed E-state index contributed by atoms with van der Waals surface area (Å²) in [6, 6.07) is 9.94. The highest BCUT2D eigenvalue weighted by molar-refractivity contribution is 7.89. The van der Waals surface area contributed by atoms with Crippen LogP contribution >= 0.6 is 0 Å². The predicted molar refractivity (Wildman–Crippen MR) is 106 cm³/mol. The van der Waals surface area contributed by atoms with Crippen molar-refractivity contribution in [2.24, 2.45) is 0 Å². The maximum Gasteiger partial charge on any atom is 0.244 e. The molecule has 156 valence electrons. The molecule has 6 nitrogen and oxygen atoms in total. The van der Waals surface area contributed by atoms with E-state index in [0.29, 0.717) is 6.54 Å². The SMILES string of the molecule is C[C@H](NS(=O)(=O)c1ccccc1F)C(=O)NC1CCCN(c2cccc(F)c2)C1. The molecule has 2 aromatic rings. The van der Waals surface area contributed by atoms with Crippen LogP contribution in [0.4, 0.5) is 14.5 Å². The number of amides is 1. The Morgan fingerprint density at radius 3 is 2.66 bits per heavy atom. The van der Waals surface area contributed by atoms with Gasteiger partial charge in [0, 0.05) is 24.8 Å². The van der Waals surface area contributed by atoms with E-state index < -0.39 is 32.7 Å². The highest BCUT2D eigenvalue weighted by Gasteiger charge is 2.27. The van der Waals surface area contributed by atoms with Gasteiger partial charge in [0.05, 0.1) is 6.04 Å². The van der Waals surface area contributed by atoms with Gasteiger partial charge in [-0.05, 0) is 50.1 Å². The number of benzene rings is 2. The van der Waals surface area contributed by atoms with E-state index in [9.17, 15) is 22.0 Å². The van der Waals surface area contributed by atoms with Gasteiger partial charge in [0.2, 0.25) is 15.9 Å². The Balaban J connectivity index is 1.61. The fraction of sp³-hybridized carbons (Fsp3) is 0.350. The number of piperidine rings is 1. The van der Waals surface area contributed by atoms with Gasteiger partial charge < -0.3 is 10.2 Å². The summed E-state index contributed by atoms with van der Waals surface area (Å²) in [7, 11) is -4.17. The molecule has 0 aromatic heterocycles. The highest BCUT2D eigenvalue weighted by atomic mass is 32.2. The zero-order valence-corrected chi connectivity index (χ0v) is 16.8. The third-order valence-electron chi connectivity index (χ3n) is 4.79. The summed E-state index contributed by atoms with van der Waals surface area (Å²) in [6.07, 6.45) is 1.53. The molecule has 1 aliphatic rings. The van der Waals surface area contributed by atoms with Crippen molar-refractivity contribution in [3.05, 3.63) is 60.2 Å². The van der Waals surface area contributed by atoms with Gasteiger partial charge in [0.1, 0.15) is 16.5 Å². The van der Waals surface area contributed by atoms with Gasteiger partial charge in [-0.25, -0.2) is 17.2 Å². The Kier molecular flexibility index (Phi) is 6.49. The van der Waals surface area contributed by atoms with E-state index in [0.717, 1.165) is 37.2 Å². The molecule has 1 heterocycles. The Bertz CT molecular complexity index is 984. The van der Waals surface area contributed by atoms with Gasteiger partial charge in [-0.1, -0.05) is 18.2 Å². The van der Waals surface area contributed by atoms with E-state index in [2.05, 4.69) is 10.0 Å². The number of nitrogens with one attached hydrogen (secondary N) is 2. The van der Waals surface area contributed by atoms with E-state index in [1.807, 2.05) is 4.90 Å². The standard InChI is InChI=1S/C20H23F2N3O3S/c1-14(24-29(27,28)19-10-3-2-9-18(19)22)20(26)23-16-7-5-11-25(13-16)17-8-4-6-15(21)12-17/h2-4,6,8-10,12,14,16,24H,5,7,11,13H2,1H3,(H,23,26)/t14-,16?/m0/s1. The normalized spacial score (nSPS) is 18.3. The second-order valence-corrected chi connectivity index (χ2v) is 8.73. The summed E-state index contributed by atoms with van der Waals surface area (Å²) in [6.45, 7) is 2.63. The number of hydrogen-bond acceptors (Lipinski definition) is 4. The van der Waals surface area contributed by atoms with Gasteiger partial charge >= 0.3 is 0 Å². The lowest BCUT2D eigenvalue weighted by Gasteiger charge is -2.35. The summed E-state index contributed by atoms with van der Waals surface area (Å²) in [5.41, 5.74) is 0.734. The molecule has 2 N–H and O–H groups in total. The van der Waals surface area contributed by atoms with Crippen molar-refractivity contribution in [2.75, 3.05) is 18.0 Å². The molecule has 9 heteroatoms. The first-order chi connectivity index (χ1) is 13.8. The largest absolute Gasteiger partial charge is 0.369 e. The monoisotopic (exact) mass is 423 g/mol. The average molecular weight is 423 g/mol. The van der Waals surface area contributed by atoms with Gasteiger partial charge in [-0.2, -0.15) is 4.72 Å². The second-order valence-electron chi connectivity index (χ2n) is 7.05. The van der Waals surface area contributed by atoms with Crippen LogP contribution in [0.15, 0.2) is 53.4 Å². The smallest absolute Gasteiger partial charge is 0.244 e. The minimum atomic E-state index is -4.17. The first-order valence-corrected chi connectivity index (χ1v) is 10.8. The number of nitrogens with zero attached hydrogens (tertiary/aromatic N) is 1. The Morgan fingerprint density at radius 1 is 1.17 bits per heavy atom. The van der Waals surface area contributed by atoms with Crippen molar-refractivity contribution < 1.29 is 22.0 Å². The number of rotatable bonds is 6. The summed E-state index contributed by atoms with van der Waals surface area (Å²) in [5, 5.41) is 2.83. The van der Waals surface area contributed by atoms with Crippen LogP contribution in [0.25, 0.3) is 0 Å². The van der Waals surface area contributed by atoms with Crippen molar-refractivity contribution in [2.45, 2.75) is 36.7 Å². The van der Waals surface area contributed by atoms with Crippen molar-refractivity contribution in [3.63, 3.8) is 0 Å². The van der Waals surface area contributed by atoms with Crippen LogP contribution in [0.2, 0.25) is 0 Å². The molecule has 0 spiro atoms. The Hall–Kier alpha value is -2.52. The zero-order chi connectivity index (χ0) is 21.0. The predicted octanol–water partition coefficient (Wildman–Crippen LogP) is 2.42. The molecule has 2 atom stereocenters. The van der Waals surface area contributed by atoms with E-state index in [4.69, 9.17) is 0 Å². The lowest BCUT2D eigenvalue weighted by molar-refractivity contribution is -0.123. The lowest BCUT2D eigenvalue weighted by atomic mass is 10.0. The summed E-state index contributed by atoms with van der Waals surface area (Å²) in [4.78, 5) is 14.0. The zero-order valence-electron chi connectivity index (χ0n) is 15.9. The molecule has 0 saturated carbocycles. The van der Waals surface area contributed by atoms with Crippen LogP contribution in [-0.2, 0) is 14.8 Å². The molecule has 1 fully saturated rings. The maximum atomic E-state index is 13.8. The molecule has 0 aliphatic carbocycles. The average Bonchev–Trinajstić information content (AvgIpc) is 2.68. The molecule has 2 aromatic carbocycles. The lowest BCUT2D eigenvalue weighted by Crippen LogP contribution is -2.53. The molecule has 3 rings (SSSR count). The first-order valence-electron chi connectivity index (χ1n) is 9.34. The molecule has 29 heavy (non-hydrogen) atoms. The van der Waals surface area contributed by atoms with Gasteiger partial charge in [0.25, 0.3) is 0 Å². The van der Waals surface area contributed by atoms with Crippen molar-refractivity contribution in [1.82, 2.24) is 10.0 Å². The molecule has 1 aliphatic heterocycles. The number of carbonyl (C=O) groups is 1. The number of halogens is 2. The van der Waals surface area contributed by atoms with Crippen LogP contribution in [0.5, 0.6) is 0 Å². The fourth-order valence-electron chi connectivity index (χ4n) is 3.34. The molecular formula is C20H23F2N3O3S. The van der Waals surface area contributed by atoms with E-state index >= 15 is 0 Å². The maximum absolute atomic E-state index is 13.8. The number of hydrogen-bond donors (Lipinski definition) is 2. The molecule has 0 radical (unpaired) electrons. The molecular weight excluding hydrogens is 400 g/mol. The van der Waals surface area contributed by atoms with Gasteiger partial charge in [-0.15, -0.1) is 0 Å². The number of sulfonamides is 1. The van der Waals surface area contributed by atoms with Crippen LogP contribution in [0.3, 0.4) is 0 Å². The topological polar surface area (TPSA) is 78.5 Å². The number of carbonyl (C=O) groups excluding carboxylic acids is 1. The summed E-state index contributed by atoms with van der Waals surface area (Å²) in [5.74, 6) is -1.72.